The highest BCUT2D eigenvalue weighted by Gasteiger charge is 2.16. The molecule has 34 heavy (non-hydrogen) atoms. The number of carbonyl (C=O) groups is 1. The Morgan fingerprint density at radius 1 is 1.06 bits per heavy atom. The first-order valence-electron chi connectivity index (χ1n) is 10.6. The summed E-state index contributed by atoms with van der Waals surface area (Å²) in [5.74, 6) is -0.356. The number of nitrogens with zero attached hydrogens (tertiary/aromatic N) is 5. The predicted octanol–water partition coefficient (Wildman–Crippen LogP) is 5.08. The first kappa shape index (κ1) is 21.8. The standard InChI is InChI=1S/C25H20ClFN6O/c1-16-24-18(17-6-3-2-4-7-17)10-12-28-25(24)33(30-16)15-23(34)29-22-11-13-32(31-22)14-19-20(26)8-5-9-21(19)27/h2-13H,14-15H2,1H3,(H,29,31,34). The number of rotatable bonds is 6. The summed E-state index contributed by atoms with van der Waals surface area (Å²) in [6.07, 6.45) is 3.37. The van der Waals surface area contributed by atoms with Crippen molar-refractivity contribution in [2.75, 3.05) is 5.32 Å². The van der Waals surface area contributed by atoms with Crippen molar-refractivity contribution in [3.63, 3.8) is 0 Å². The van der Waals surface area contributed by atoms with Gasteiger partial charge in [0, 0.05) is 34.4 Å². The molecular weight excluding hydrogens is 455 g/mol. The summed E-state index contributed by atoms with van der Waals surface area (Å²) < 4.78 is 17.2. The van der Waals surface area contributed by atoms with Crippen LogP contribution in [0.25, 0.3) is 22.2 Å². The molecule has 5 rings (SSSR count). The minimum absolute atomic E-state index is 0.0262. The molecule has 0 aliphatic carbocycles. The van der Waals surface area contributed by atoms with E-state index < -0.39 is 5.82 Å². The zero-order valence-electron chi connectivity index (χ0n) is 18.2. The highest BCUT2D eigenvalue weighted by Crippen LogP contribution is 2.29. The van der Waals surface area contributed by atoms with Crippen LogP contribution >= 0.6 is 11.6 Å². The normalized spacial score (nSPS) is 11.1. The Bertz CT molecular complexity index is 1470. The Kier molecular flexibility index (Phi) is 5.81. The highest BCUT2D eigenvalue weighted by molar-refractivity contribution is 6.31. The highest BCUT2D eigenvalue weighted by atomic mass is 35.5. The Morgan fingerprint density at radius 2 is 1.88 bits per heavy atom. The third-order valence-corrected chi connectivity index (χ3v) is 5.83. The molecule has 7 nitrogen and oxygen atoms in total. The lowest BCUT2D eigenvalue weighted by molar-refractivity contribution is -0.116. The molecule has 170 valence electrons. The number of amides is 1. The lowest BCUT2D eigenvalue weighted by atomic mass is 10.0. The first-order valence-corrected chi connectivity index (χ1v) is 11.0. The number of carbonyl (C=O) groups excluding carboxylic acids is 1. The number of nitrogens with one attached hydrogen (secondary N) is 1. The minimum Gasteiger partial charge on any atom is -0.308 e. The molecule has 1 amide bonds. The zero-order valence-corrected chi connectivity index (χ0v) is 19.0. The van der Waals surface area contributed by atoms with E-state index in [1.54, 1.807) is 35.3 Å². The number of fused-ring (bicyclic) bond motifs is 1. The molecule has 0 spiro atoms. The van der Waals surface area contributed by atoms with Crippen LogP contribution < -0.4 is 5.32 Å². The van der Waals surface area contributed by atoms with Gasteiger partial charge in [0.25, 0.3) is 0 Å². The average molecular weight is 475 g/mol. The predicted molar refractivity (Wildman–Crippen MR) is 129 cm³/mol. The number of hydrogen-bond acceptors (Lipinski definition) is 4. The summed E-state index contributed by atoms with van der Waals surface area (Å²) in [5, 5.41) is 12.8. The molecule has 5 aromatic rings. The van der Waals surface area contributed by atoms with E-state index in [4.69, 9.17) is 11.6 Å². The molecule has 3 aromatic heterocycles. The maximum atomic E-state index is 14.1. The maximum absolute atomic E-state index is 14.1. The van der Waals surface area contributed by atoms with Crippen molar-refractivity contribution < 1.29 is 9.18 Å². The third kappa shape index (κ3) is 4.27. The maximum Gasteiger partial charge on any atom is 0.247 e. The van der Waals surface area contributed by atoms with Crippen molar-refractivity contribution in [1.82, 2.24) is 24.5 Å². The number of anilines is 1. The largest absolute Gasteiger partial charge is 0.308 e. The molecule has 0 aliphatic heterocycles. The molecule has 3 heterocycles. The molecule has 0 radical (unpaired) electrons. The molecule has 0 aliphatic rings. The lowest BCUT2D eigenvalue weighted by Gasteiger charge is -2.07. The van der Waals surface area contributed by atoms with E-state index in [2.05, 4.69) is 20.5 Å². The Balaban J connectivity index is 1.33. The van der Waals surface area contributed by atoms with Crippen LogP contribution in [-0.4, -0.2) is 30.5 Å². The van der Waals surface area contributed by atoms with Crippen molar-refractivity contribution >= 4 is 34.4 Å². The van der Waals surface area contributed by atoms with Crippen LogP contribution in [0, 0.1) is 12.7 Å². The second-order valence-electron chi connectivity index (χ2n) is 7.81. The summed E-state index contributed by atoms with van der Waals surface area (Å²) >= 11 is 6.09. The van der Waals surface area contributed by atoms with Crippen molar-refractivity contribution in [3.05, 3.63) is 95.2 Å². The van der Waals surface area contributed by atoms with Crippen LogP contribution in [0.2, 0.25) is 5.02 Å². The Morgan fingerprint density at radius 3 is 2.68 bits per heavy atom. The fraction of sp³-hybridized carbons (Fsp3) is 0.120. The van der Waals surface area contributed by atoms with Crippen LogP contribution in [0.4, 0.5) is 10.2 Å². The molecule has 9 heteroatoms. The molecule has 2 aromatic carbocycles. The van der Waals surface area contributed by atoms with Crippen molar-refractivity contribution in [2.45, 2.75) is 20.0 Å². The number of aromatic nitrogens is 5. The number of pyridine rings is 1. The number of hydrogen-bond donors (Lipinski definition) is 1. The van der Waals surface area contributed by atoms with E-state index in [9.17, 15) is 9.18 Å². The Hall–Kier alpha value is -4.04. The van der Waals surface area contributed by atoms with Gasteiger partial charge in [-0.25, -0.2) is 14.1 Å². The van der Waals surface area contributed by atoms with Gasteiger partial charge in [-0.1, -0.05) is 48.0 Å². The topological polar surface area (TPSA) is 77.6 Å². The van der Waals surface area contributed by atoms with Gasteiger partial charge in [-0.2, -0.15) is 10.2 Å². The fourth-order valence-electron chi connectivity index (χ4n) is 3.93. The number of aryl methyl sites for hydroxylation is 1. The van der Waals surface area contributed by atoms with Gasteiger partial charge in [0.15, 0.2) is 11.5 Å². The van der Waals surface area contributed by atoms with E-state index in [1.165, 1.54) is 10.7 Å². The van der Waals surface area contributed by atoms with E-state index in [0.29, 0.717) is 22.1 Å². The molecule has 0 atom stereocenters. The second kappa shape index (κ2) is 9.07. The summed E-state index contributed by atoms with van der Waals surface area (Å²) in [7, 11) is 0. The molecule has 0 bridgehead atoms. The van der Waals surface area contributed by atoms with Crippen LogP contribution in [-0.2, 0) is 17.9 Å². The zero-order chi connectivity index (χ0) is 23.7. The van der Waals surface area contributed by atoms with E-state index >= 15 is 0 Å². The number of benzene rings is 2. The quantitative estimate of drug-likeness (QED) is 0.372. The molecule has 0 unspecified atom stereocenters. The third-order valence-electron chi connectivity index (χ3n) is 5.48. The van der Waals surface area contributed by atoms with Crippen molar-refractivity contribution in [1.29, 1.82) is 0 Å². The van der Waals surface area contributed by atoms with Gasteiger partial charge < -0.3 is 5.32 Å². The van der Waals surface area contributed by atoms with Gasteiger partial charge in [0.1, 0.15) is 12.4 Å². The van der Waals surface area contributed by atoms with E-state index in [0.717, 1.165) is 22.2 Å². The Labute approximate surface area is 199 Å². The monoisotopic (exact) mass is 474 g/mol. The summed E-state index contributed by atoms with van der Waals surface area (Å²) in [4.78, 5) is 17.2. The smallest absolute Gasteiger partial charge is 0.247 e. The van der Waals surface area contributed by atoms with E-state index in [1.807, 2.05) is 43.3 Å². The van der Waals surface area contributed by atoms with Crippen molar-refractivity contribution in [3.8, 4) is 11.1 Å². The van der Waals surface area contributed by atoms with Gasteiger partial charge in [-0.05, 0) is 36.2 Å². The van der Waals surface area contributed by atoms with Gasteiger partial charge >= 0.3 is 0 Å². The van der Waals surface area contributed by atoms with Crippen LogP contribution in [0.1, 0.15) is 11.3 Å². The summed E-state index contributed by atoms with van der Waals surface area (Å²) in [6.45, 7) is 2.03. The molecule has 0 fully saturated rings. The lowest BCUT2D eigenvalue weighted by Crippen LogP contribution is -2.20. The minimum atomic E-state index is -0.406. The summed E-state index contributed by atoms with van der Waals surface area (Å²) in [6, 6.07) is 18.1. The van der Waals surface area contributed by atoms with Crippen LogP contribution in [0.3, 0.4) is 0 Å². The van der Waals surface area contributed by atoms with Crippen LogP contribution in [0.15, 0.2) is 73.1 Å². The molecule has 1 N–H and O–H groups in total. The average Bonchev–Trinajstić information content (AvgIpc) is 3.40. The first-order chi connectivity index (χ1) is 16.5. The van der Waals surface area contributed by atoms with Gasteiger partial charge in [0.05, 0.1) is 12.2 Å². The van der Waals surface area contributed by atoms with Crippen LogP contribution in [0.5, 0.6) is 0 Å². The molecular formula is C25H20ClFN6O. The SMILES string of the molecule is Cc1nn(CC(=O)Nc2ccn(Cc3c(F)cccc3Cl)n2)c2nccc(-c3ccccc3)c12. The molecule has 0 saturated heterocycles. The molecule has 0 saturated carbocycles. The summed E-state index contributed by atoms with van der Waals surface area (Å²) in [5.41, 5.74) is 3.83. The van der Waals surface area contributed by atoms with E-state index in [-0.39, 0.29) is 19.0 Å². The van der Waals surface area contributed by atoms with Gasteiger partial charge in [0.2, 0.25) is 5.91 Å². The second-order valence-corrected chi connectivity index (χ2v) is 8.22. The van der Waals surface area contributed by atoms with Gasteiger partial charge in [-0.3, -0.25) is 9.48 Å². The van der Waals surface area contributed by atoms with Crippen molar-refractivity contribution in [2.24, 2.45) is 0 Å². The fourth-order valence-corrected chi connectivity index (χ4v) is 4.15. The number of halogens is 2. The van der Waals surface area contributed by atoms with Gasteiger partial charge in [-0.15, -0.1) is 0 Å².